The van der Waals surface area contributed by atoms with Gasteiger partial charge in [-0.15, -0.1) is 0 Å². The lowest BCUT2D eigenvalue weighted by Crippen LogP contribution is -2.31. The standard InChI is InChI=1S/C12H14N4O2/c13-6-8-1-4-12(16(17)18)11(5-8)15-7-10(14)9-2-3-9/h1,4-5,9-10,15H,2-3,7,14H2. The molecule has 6 heteroatoms. The predicted octanol–water partition coefficient (Wildman–Crippen LogP) is 1.62. The van der Waals surface area contributed by atoms with Crippen LogP contribution in [0.2, 0.25) is 0 Å². The molecule has 3 N–H and O–H groups in total. The summed E-state index contributed by atoms with van der Waals surface area (Å²) < 4.78 is 0. The molecule has 0 radical (unpaired) electrons. The van der Waals surface area contributed by atoms with Gasteiger partial charge >= 0.3 is 0 Å². The second kappa shape index (κ2) is 5.02. The zero-order valence-corrected chi connectivity index (χ0v) is 9.80. The van der Waals surface area contributed by atoms with Crippen molar-refractivity contribution in [2.75, 3.05) is 11.9 Å². The lowest BCUT2D eigenvalue weighted by Gasteiger charge is -2.12. The maximum Gasteiger partial charge on any atom is 0.292 e. The summed E-state index contributed by atoms with van der Waals surface area (Å²) in [5.74, 6) is 0.524. The molecule has 0 bridgehead atoms. The predicted molar refractivity (Wildman–Crippen MR) is 67.0 cm³/mol. The fourth-order valence-electron chi connectivity index (χ4n) is 1.83. The minimum Gasteiger partial charge on any atom is -0.378 e. The first-order valence-corrected chi connectivity index (χ1v) is 5.80. The molecule has 6 nitrogen and oxygen atoms in total. The summed E-state index contributed by atoms with van der Waals surface area (Å²) in [5, 5.41) is 22.6. The van der Waals surface area contributed by atoms with Gasteiger partial charge in [-0.1, -0.05) is 0 Å². The number of rotatable bonds is 5. The minimum absolute atomic E-state index is 0.00958. The smallest absolute Gasteiger partial charge is 0.292 e. The van der Waals surface area contributed by atoms with E-state index in [9.17, 15) is 10.1 Å². The molecule has 0 aromatic heterocycles. The van der Waals surface area contributed by atoms with Crippen LogP contribution in [-0.4, -0.2) is 17.5 Å². The summed E-state index contributed by atoms with van der Waals surface area (Å²) >= 11 is 0. The van der Waals surface area contributed by atoms with Gasteiger partial charge in [-0.2, -0.15) is 5.26 Å². The Bertz CT molecular complexity index is 505. The van der Waals surface area contributed by atoms with Gasteiger partial charge in [-0.25, -0.2) is 0 Å². The van der Waals surface area contributed by atoms with E-state index >= 15 is 0 Å². The van der Waals surface area contributed by atoms with E-state index in [0.29, 0.717) is 23.7 Å². The summed E-state index contributed by atoms with van der Waals surface area (Å²) in [5.41, 5.74) is 6.64. The number of benzene rings is 1. The highest BCUT2D eigenvalue weighted by Crippen LogP contribution is 2.32. The molecule has 0 saturated heterocycles. The maximum absolute atomic E-state index is 10.9. The number of nitro benzene ring substituents is 1. The van der Waals surface area contributed by atoms with Crippen LogP contribution in [0.25, 0.3) is 0 Å². The number of nitrogens with two attached hydrogens (primary N) is 1. The van der Waals surface area contributed by atoms with Crippen molar-refractivity contribution in [3.63, 3.8) is 0 Å². The third kappa shape index (κ3) is 2.76. The van der Waals surface area contributed by atoms with Gasteiger partial charge in [0.05, 0.1) is 16.6 Å². The van der Waals surface area contributed by atoms with Crippen molar-refractivity contribution in [3.8, 4) is 6.07 Å². The summed E-state index contributed by atoms with van der Waals surface area (Å²) in [6, 6.07) is 6.23. The number of nitriles is 1. The van der Waals surface area contributed by atoms with Crippen LogP contribution in [0.3, 0.4) is 0 Å². The number of nitrogens with one attached hydrogen (secondary N) is 1. The Morgan fingerprint density at radius 1 is 1.61 bits per heavy atom. The topological polar surface area (TPSA) is 105 Å². The van der Waals surface area contributed by atoms with E-state index < -0.39 is 4.92 Å². The van der Waals surface area contributed by atoms with Crippen molar-refractivity contribution in [3.05, 3.63) is 33.9 Å². The number of nitro groups is 1. The van der Waals surface area contributed by atoms with E-state index in [0.717, 1.165) is 12.8 Å². The first-order valence-electron chi connectivity index (χ1n) is 5.80. The number of hydrogen-bond donors (Lipinski definition) is 2. The minimum atomic E-state index is -0.466. The van der Waals surface area contributed by atoms with Crippen LogP contribution in [0.1, 0.15) is 18.4 Å². The molecule has 0 heterocycles. The van der Waals surface area contributed by atoms with Crippen LogP contribution in [0.5, 0.6) is 0 Å². The fraction of sp³-hybridized carbons (Fsp3) is 0.417. The number of hydrogen-bond acceptors (Lipinski definition) is 5. The molecule has 1 saturated carbocycles. The summed E-state index contributed by atoms with van der Waals surface area (Å²) in [6.45, 7) is 0.486. The van der Waals surface area contributed by atoms with E-state index in [1.165, 1.54) is 18.2 Å². The molecule has 1 aliphatic rings. The van der Waals surface area contributed by atoms with Gasteiger partial charge in [0.1, 0.15) is 5.69 Å². The van der Waals surface area contributed by atoms with Gasteiger partial charge in [0.15, 0.2) is 0 Å². The van der Waals surface area contributed by atoms with E-state index in [2.05, 4.69) is 5.32 Å². The lowest BCUT2D eigenvalue weighted by molar-refractivity contribution is -0.384. The number of anilines is 1. The van der Waals surface area contributed by atoms with E-state index in [1.807, 2.05) is 6.07 Å². The van der Waals surface area contributed by atoms with Gasteiger partial charge in [0.2, 0.25) is 0 Å². The third-order valence-corrected chi connectivity index (χ3v) is 3.08. The Labute approximate surface area is 105 Å². The molecule has 18 heavy (non-hydrogen) atoms. The SMILES string of the molecule is N#Cc1ccc([N+](=O)[O-])c(NCC(N)C2CC2)c1. The largest absolute Gasteiger partial charge is 0.378 e. The molecule has 1 unspecified atom stereocenters. The van der Waals surface area contributed by atoms with E-state index in [1.54, 1.807) is 0 Å². The maximum atomic E-state index is 10.9. The van der Waals surface area contributed by atoms with Crippen molar-refractivity contribution >= 4 is 11.4 Å². The zero-order chi connectivity index (χ0) is 13.1. The van der Waals surface area contributed by atoms with Crippen LogP contribution in [0.15, 0.2) is 18.2 Å². The van der Waals surface area contributed by atoms with Crippen molar-refractivity contribution in [1.82, 2.24) is 0 Å². The molecular weight excluding hydrogens is 232 g/mol. The first kappa shape index (κ1) is 12.3. The molecule has 2 rings (SSSR count). The molecule has 1 aliphatic carbocycles. The molecule has 0 amide bonds. The Kier molecular flexibility index (Phi) is 3.44. The Balaban J connectivity index is 2.13. The Hall–Kier alpha value is -2.13. The van der Waals surface area contributed by atoms with Gasteiger partial charge in [-0.05, 0) is 30.9 Å². The summed E-state index contributed by atoms with van der Waals surface area (Å²) in [6.07, 6.45) is 2.26. The molecule has 1 atom stereocenters. The molecule has 94 valence electrons. The van der Waals surface area contributed by atoms with Crippen molar-refractivity contribution < 1.29 is 4.92 Å². The number of nitrogens with zero attached hydrogens (tertiary/aromatic N) is 2. The Morgan fingerprint density at radius 3 is 2.89 bits per heavy atom. The molecular formula is C12H14N4O2. The van der Waals surface area contributed by atoms with Crippen LogP contribution in [-0.2, 0) is 0 Å². The normalized spacial score (nSPS) is 15.8. The first-order chi connectivity index (χ1) is 8.61. The second-order valence-corrected chi connectivity index (χ2v) is 4.48. The fourth-order valence-corrected chi connectivity index (χ4v) is 1.83. The monoisotopic (exact) mass is 246 g/mol. The van der Waals surface area contributed by atoms with Gasteiger partial charge < -0.3 is 11.1 Å². The van der Waals surface area contributed by atoms with Gasteiger partial charge in [0.25, 0.3) is 5.69 Å². The Morgan fingerprint density at radius 2 is 2.33 bits per heavy atom. The highest BCUT2D eigenvalue weighted by atomic mass is 16.6. The van der Waals surface area contributed by atoms with E-state index in [-0.39, 0.29) is 11.7 Å². The van der Waals surface area contributed by atoms with Gasteiger partial charge in [0, 0.05) is 18.7 Å². The zero-order valence-electron chi connectivity index (χ0n) is 9.80. The molecule has 1 aromatic carbocycles. The van der Waals surface area contributed by atoms with E-state index in [4.69, 9.17) is 11.0 Å². The average molecular weight is 246 g/mol. The van der Waals surface area contributed by atoms with Crippen molar-refractivity contribution in [2.45, 2.75) is 18.9 Å². The van der Waals surface area contributed by atoms with Gasteiger partial charge in [-0.3, -0.25) is 10.1 Å². The van der Waals surface area contributed by atoms with Crippen molar-refractivity contribution in [1.29, 1.82) is 5.26 Å². The molecule has 0 spiro atoms. The highest BCUT2D eigenvalue weighted by Gasteiger charge is 2.28. The van der Waals surface area contributed by atoms with Crippen LogP contribution >= 0.6 is 0 Å². The molecule has 0 aliphatic heterocycles. The third-order valence-electron chi connectivity index (χ3n) is 3.08. The van der Waals surface area contributed by atoms with Crippen molar-refractivity contribution in [2.24, 2.45) is 11.7 Å². The van der Waals surface area contributed by atoms with Crippen LogP contribution in [0, 0.1) is 27.4 Å². The van der Waals surface area contributed by atoms with Crippen LogP contribution < -0.4 is 11.1 Å². The molecule has 1 fully saturated rings. The quantitative estimate of drug-likeness (QED) is 0.606. The molecule has 1 aromatic rings. The lowest BCUT2D eigenvalue weighted by atomic mass is 10.1. The highest BCUT2D eigenvalue weighted by molar-refractivity contribution is 5.64. The summed E-state index contributed by atoms with van der Waals surface area (Å²) in [7, 11) is 0. The second-order valence-electron chi connectivity index (χ2n) is 4.48. The van der Waals surface area contributed by atoms with Crippen LogP contribution in [0.4, 0.5) is 11.4 Å². The summed E-state index contributed by atoms with van der Waals surface area (Å²) in [4.78, 5) is 10.4. The average Bonchev–Trinajstić information content (AvgIpc) is 3.19.